The van der Waals surface area contributed by atoms with E-state index in [0.29, 0.717) is 16.6 Å². The number of alkyl halides is 1. The molecule has 0 radical (unpaired) electrons. The summed E-state index contributed by atoms with van der Waals surface area (Å²) in [6.07, 6.45) is 1.61. The van der Waals surface area contributed by atoms with Crippen molar-refractivity contribution in [2.24, 2.45) is 0 Å². The zero-order valence-corrected chi connectivity index (χ0v) is 10.8. The second kappa shape index (κ2) is 5.01. The first-order chi connectivity index (χ1) is 8.08. The summed E-state index contributed by atoms with van der Waals surface area (Å²) >= 11 is 6.83. The van der Waals surface area contributed by atoms with Crippen LogP contribution < -0.4 is 10.6 Å². The standard InChI is InChI=1S/C10H12ClN3O2S/c1-5(11)8(15)14-10-13-6-3-2-4-12-9(16)7(6)17-10/h5H,2-4H2,1H3,(H,12,16)(H,13,14,15). The van der Waals surface area contributed by atoms with Crippen LogP contribution in [0.25, 0.3) is 0 Å². The van der Waals surface area contributed by atoms with E-state index in [2.05, 4.69) is 15.6 Å². The van der Waals surface area contributed by atoms with Crippen molar-refractivity contribution in [3.63, 3.8) is 0 Å². The van der Waals surface area contributed by atoms with Gasteiger partial charge in [-0.25, -0.2) is 4.98 Å². The maximum Gasteiger partial charge on any atom is 0.263 e. The van der Waals surface area contributed by atoms with Gasteiger partial charge in [-0.3, -0.25) is 9.59 Å². The van der Waals surface area contributed by atoms with Gasteiger partial charge in [0.2, 0.25) is 5.91 Å². The molecule has 1 aromatic rings. The number of aryl methyl sites for hydroxylation is 1. The molecule has 1 atom stereocenters. The van der Waals surface area contributed by atoms with Crippen molar-refractivity contribution in [2.45, 2.75) is 25.1 Å². The molecule has 5 nitrogen and oxygen atoms in total. The number of carbonyl (C=O) groups excluding carboxylic acids is 2. The summed E-state index contributed by atoms with van der Waals surface area (Å²) in [6.45, 7) is 2.25. The van der Waals surface area contributed by atoms with E-state index in [1.807, 2.05) is 0 Å². The maximum atomic E-state index is 11.7. The minimum atomic E-state index is -0.618. The number of halogens is 1. The number of hydrogen-bond donors (Lipinski definition) is 2. The summed E-state index contributed by atoms with van der Waals surface area (Å²) < 4.78 is 0. The number of aromatic nitrogens is 1. The van der Waals surface area contributed by atoms with Gasteiger partial charge in [-0.1, -0.05) is 11.3 Å². The van der Waals surface area contributed by atoms with E-state index in [4.69, 9.17) is 11.6 Å². The lowest BCUT2D eigenvalue weighted by Gasteiger charge is -2.02. The van der Waals surface area contributed by atoms with Crippen LogP contribution in [0.1, 0.15) is 28.7 Å². The zero-order chi connectivity index (χ0) is 12.4. The fraction of sp³-hybridized carbons (Fsp3) is 0.500. The van der Waals surface area contributed by atoms with E-state index in [-0.39, 0.29) is 11.8 Å². The quantitative estimate of drug-likeness (QED) is 0.800. The Morgan fingerprint density at radius 2 is 2.41 bits per heavy atom. The molecule has 0 aromatic carbocycles. The molecule has 17 heavy (non-hydrogen) atoms. The first-order valence-electron chi connectivity index (χ1n) is 5.31. The van der Waals surface area contributed by atoms with Gasteiger partial charge in [0.25, 0.3) is 5.91 Å². The Kier molecular flexibility index (Phi) is 3.63. The molecular formula is C10H12ClN3O2S. The average molecular weight is 274 g/mol. The van der Waals surface area contributed by atoms with E-state index in [9.17, 15) is 9.59 Å². The van der Waals surface area contributed by atoms with E-state index >= 15 is 0 Å². The second-order valence-electron chi connectivity index (χ2n) is 3.76. The van der Waals surface area contributed by atoms with Crippen LogP contribution in [-0.2, 0) is 11.2 Å². The number of nitrogens with zero attached hydrogens (tertiary/aromatic N) is 1. The Bertz CT molecular complexity index is 458. The van der Waals surface area contributed by atoms with E-state index < -0.39 is 5.38 Å². The van der Waals surface area contributed by atoms with Gasteiger partial charge in [0.1, 0.15) is 10.3 Å². The van der Waals surface area contributed by atoms with Crippen molar-refractivity contribution in [2.75, 3.05) is 11.9 Å². The van der Waals surface area contributed by atoms with Gasteiger partial charge >= 0.3 is 0 Å². The lowest BCUT2D eigenvalue weighted by Crippen LogP contribution is -2.21. The number of amides is 2. The van der Waals surface area contributed by atoms with Crippen LogP contribution in [0.4, 0.5) is 5.13 Å². The van der Waals surface area contributed by atoms with Crippen molar-refractivity contribution >= 4 is 39.9 Å². The van der Waals surface area contributed by atoms with Crippen LogP contribution in [0.2, 0.25) is 0 Å². The minimum absolute atomic E-state index is 0.116. The Balaban J connectivity index is 2.19. The molecule has 1 aliphatic heterocycles. The molecule has 2 N–H and O–H groups in total. The zero-order valence-electron chi connectivity index (χ0n) is 9.25. The third kappa shape index (κ3) is 2.76. The lowest BCUT2D eigenvalue weighted by molar-refractivity contribution is -0.115. The summed E-state index contributed by atoms with van der Waals surface area (Å²) in [6, 6.07) is 0. The highest BCUT2D eigenvalue weighted by Crippen LogP contribution is 2.25. The van der Waals surface area contributed by atoms with Crippen LogP contribution in [0.3, 0.4) is 0 Å². The Morgan fingerprint density at radius 1 is 1.65 bits per heavy atom. The van der Waals surface area contributed by atoms with Crippen LogP contribution in [0, 0.1) is 0 Å². The van der Waals surface area contributed by atoms with Gasteiger partial charge in [0.05, 0.1) is 5.69 Å². The van der Waals surface area contributed by atoms with Crippen molar-refractivity contribution in [1.82, 2.24) is 10.3 Å². The van der Waals surface area contributed by atoms with Gasteiger partial charge in [-0.05, 0) is 19.8 Å². The number of thiazole rings is 1. The monoisotopic (exact) mass is 273 g/mol. The van der Waals surface area contributed by atoms with Gasteiger partial charge in [-0.2, -0.15) is 0 Å². The number of fused-ring (bicyclic) bond motifs is 1. The third-order valence-corrected chi connectivity index (χ3v) is 3.58. The van der Waals surface area contributed by atoms with Crippen molar-refractivity contribution in [3.8, 4) is 0 Å². The molecule has 0 bridgehead atoms. The van der Waals surface area contributed by atoms with Gasteiger partial charge in [-0.15, -0.1) is 11.6 Å². The first kappa shape index (κ1) is 12.3. The summed E-state index contributed by atoms with van der Waals surface area (Å²) in [5.41, 5.74) is 0.752. The molecule has 1 unspecified atom stereocenters. The minimum Gasteiger partial charge on any atom is -0.351 e. The molecular weight excluding hydrogens is 262 g/mol. The Morgan fingerprint density at radius 3 is 3.12 bits per heavy atom. The molecule has 2 rings (SSSR count). The number of rotatable bonds is 2. The highest BCUT2D eigenvalue weighted by atomic mass is 35.5. The smallest absolute Gasteiger partial charge is 0.263 e. The molecule has 0 aliphatic carbocycles. The molecule has 7 heteroatoms. The van der Waals surface area contributed by atoms with Gasteiger partial charge in [0.15, 0.2) is 5.13 Å². The number of anilines is 1. The van der Waals surface area contributed by atoms with Crippen molar-refractivity contribution < 1.29 is 9.59 Å². The molecule has 0 saturated carbocycles. The molecule has 1 aromatic heterocycles. The maximum absolute atomic E-state index is 11.7. The van der Waals surface area contributed by atoms with E-state index in [1.54, 1.807) is 6.92 Å². The summed E-state index contributed by atoms with van der Waals surface area (Å²) in [5.74, 6) is -0.426. The molecule has 92 valence electrons. The van der Waals surface area contributed by atoms with Crippen molar-refractivity contribution in [3.05, 3.63) is 10.6 Å². The Labute approximate surface area is 108 Å². The molecule has 0 fully saturated rings. The normalized spacial score (nSPS) is 16.7. The predicted octanol–water partition coefficient (Wildman–Crippen LogP) is 1.38. The molecule has 0 spiro atoms. The third-order valence-electron chi connectivity index (χ3n) is 2.37. The van der Waals surface area contributed by atoms with Gasteiger partial charge < -0.3 is 10.6 Å². The number of hydrogen-bond acceptors (Lipinski definition) is 4. The van der Waals surface area contributed by atoms with Gasteiger partial charge in [0, 0.05) is 6.54 Å². The van der Waals surface area contributed by atoms with Crippen LogP contribution in [0.15, 0.2) is 0 Å². The van der Waals surface area contributed by atoms with E-state index in [1.165, 1.54) is 11.3 Å². The summed E-state index contributed by atoms with van der Waals surface area (Å²) in [5, 5.41) is 5.20. The molecule has 0 saturated heterocycles. The second-order valence-corrected chi connectivity index (χ2v) is 5.41. The van der Waals surface area contributed by atoms with Crippen LogP contribution >= 0.6 is 22.9 Å². The topological polar surface area (TPSA) is 71.1 Å². The lowest BCUT2D eigenvalue weighted by atomic mass is 10.2. The largest absolute Gasteiger partial charge is 0.351 e. The predicted molar refractivity (Wildman–Crippen MR) is 66.7 cm³/mol. The van der Waals surface area contributed by atoms with Crippen LogP contribution in [0.5, 0.6) is 0 Å². The fourth-order valence-electron chi connectivity index (χ4n) is 1.49. The average Bonchev–Trinajstić information content (AvgIpc) is 2.59. The summed E-state index contributed by atoms with van der Waals surface area (Å²) in [7, 11) is 0. The van der Waals surface area contributed by atoms with E-state index in [0.717, 1.165) is 18.5 Å². The number of carbonyl (C=O) groups is 2. The molecule has 2 amide bonds. The van der Waals surface area contributed by atoms with Crippen LogP contribution in [-0.4, -0.2) is 28.7 Å². The highest BCUT2D eigenvalue weighted by Gasteiger charge is 2.21. The van der Waals surface area contributed by atoms with Crippen molar-refractivity contribution in [1.29, 1.82) is 0 Å². The highest BCUT2D eigenvalue weighted by molar-refractivity contribution is 7.17. The number of nitrogens with one attached hydrogen (secondary N) is 2. The Hall–Kier alpha value is -1.14. The molecule has 2 heterocycles. The fourth-order valence-corrected chi connectivity index (χ4v) is 2.48. The summed E-state index contributed by atoms with van der Waals surface area (Å²) in [4.78, 5) is 27.9. The molecule has 1 aliphatic rings. The SMILES string of the molecule is CC(Cl)C(=O)Nc1nc2c(s1)C(=O)NCCC2. The first-order valence-corrected chi connectivity index (χ1v) is 6.56.